The van der Waals surface area contributed by atoms with Crippen LogP contribution in [0.1, 0.15) is 5.56 Å². The quantitative estimate of drug-likeness (QED) is 0.363. The summed E-state index contributed by atoms with van der Waals surface area (Å²) in [6, 6.07) is 9.60. The highest BCUT2D eigenvalue weighted by Crippen LogP contribution is 2.04. The Kier molecular flexibility index (Phi) is 5.67. The van der Waals surface area contributed by atoms with E-state index in [0.29, 0.717) is 6.61 Å². The maximum Gasteiger partial charge on any atom is 0.212 e. The van der Waals surface area contributed by atoms with E-state index in [1.165, 1.54) is 12.2 Å². The summed E-state index contributed by atoms with van der Waals surface area (Å²) in [5.74, 6) is -0.00378. The third-order valence-electron chi connectivity index (χ3n) is 2.25. The molecule has 0 aliphatic heterocycles. The van der Waals surface area contributed by atoms with E-state index in [4.69, 9.17) is 4.74 Å². The second kappa shape index (κ2) is 7.29. The summed E-state index contributed by atoms with van der Waals surface area (Å²) < 4.78 is 5.41. The Morgan fingerprint density at radius 1 is 1.44 bits per heavy atom. The van der Waals surface area contributed by atoms with Gasteiger partial charge in [-0.2, -0.15) is 0 Å². The smallest absolute Gasteiger partial charge is 0.212 e. The van der Waals surface area contributed by atoms with Crippen LogP contribution in [0.5, 0.6) is 0 Å². The highest BCUT2D eigenvalue weighted by Gasteiger charge is 2.06. The van der Waals surface area contributed by atoms with Crippen LogP contribution in [-0.2, 0) is 11.3 Å². The molecule has 0 spiro atoms. The molecule has 1 rings (SSSR count). The second-order valence-corrected chi connectivity index (χ2v) is 3.59. The summed E-state index contributed by atoms with van der Waals surface area (Å²) in [5, 5.41) is 18.8. The lowest BCUT2D eigenvalue weighted by Crippen LogP contribution is -2.10. The number of rotatable bonds is 5. The minimum Gasteiger partial charge on any atom is -0.509 e. The first kappa shape index (κ1) is 14.0. The van der Waals surface area contributed by atoms with Gasteiger partial charge in [0.1, 0.15) is 18.5 Å². The maximum atomic E-state index is 9.50. The van der Waals surface area contributed by atoms with Gasteiger partial charge >= 0.3 is 0 Å². The van der Waals surface area contributed by atoms with Gasteiger partial charge in [-0.15, -0.1) is 6.58 Å². The number of nitrogens with zero attached hydrogens (tertiary/aromatic N) is 1. The largest absolute Gasteiger partial charge is 0.509 e. The molecule has 0 aliphatic carbocycles. The predicted octanol–water partition coefficient (Wildman–Crippen LogP) is 2.22. The summed E-state index contributed by atoms with van der Waals surface area (Å²) in [6.45, 7) is 3.73. The molecule has 0 heterocycles. The van der Waals surface area contributed by atoms with E-state index >= 15 is 0 Å². The van der Waals surface area contributed by atoms with E-state index < -0.39 is 6.10 Å². The zero-order chi connectivity index (χ0) is 13.4. The lowest BCUT2D eigenvalue weighted by Gasteiger charge is -2.08. The van der Waals surface area contributed by atoms with Gasteiger partial charge in [-0.1, -0.05) is 36.4 Å². The standard InChI is InChI=1S/C14H17NO3/c1-3-12(16)13(17)9-14(15-2)18-10-11-7-5-4-6-8-11/h3-9,12,16-17H,1,10H2,2H3/b13-9-,15-14-/t12-/m1/s1. The van der Waals surface area contributed by atoms with Crippen molar-refractivity contribution in [3.63, 3.8) is 0 Å². The van der Waals surface area contributed by atoms with Crippen molar-refractivity contribution in [3.8, 4) is 0 Å². The number of ether oxygens (including phenoxy) is 1. The Hall–Kier alpha value is -2.07. The van der Waals surface area contributed by atoms with Gasteiger partial charge in [-0.25, -0.2) is 0 Å². The van der Waals surface area contributed by atoms with E-state index in [-0.39, 0.29) is 11.7 Å². The van der Waals surface area contributed by atoms with Crippen LogP contribution in [0.2, 0.25) is 0 Å². The second-order valence-electron chi connectivity index (χ2n) is 3.59. The molecule has 0 saturated heterocycles. The molecule has 0 radical (unpaired) electrons. The molecular weight excluding hydrogens is 230 g/mol. The van der Waals surface area contributed by atoms with Gasteiger partial charge in [0.2, 0.25) is 5.90 Å². The van der Waals surface area contributed by atoms with Crippen molar-refractivity contribution in [2.75, 3.05) is 7.05 Å². The molecule has 1 aromatic carbocycles. The molecule has 18 heavy (non-hydrogen) atoms. The Labute approximate surface area is 107 Å². The molecule has 0 amide bonds. The first-order valence-corrected chi connectivity index (χ1v) is 5.52. The fourth-order valence-corrected chi connectivity index (χ4v) is 1.23. The van der Waals surface area contributed by atoms with Gasteiger partial charge in [-0.3, -0.25) is 4.99 Å². The van der Waals surface area contributed by atoms with Crippen LogP contribution in [0.4, 0.5) is 0 Å². The summed E-state index contributed by atoms with van der Waals surface area (Å²) in [5.41, 5.74) is 0.996. The molecule has 0 saturated carbocycles. The lowest BCUT2D eigenvalue weighted by atomic mass is 10.2. The van der Waals surface area contributed by atoms with Gasteiger partial charge in [0.15, 0.2) is 0 Å². The fraction of sp³-hybridized carbons (Fsp3) is 0.214. The van der Waals surface area contributed by atoms with Gasteiger partial charge in [0.25, 0.3) is 0 Å². The van der Waals surface area contributed by atoms with Crippen LogP contribution in [0.15, 0.2) is 59.8 Å². The molecule has 0 aliphatic rings. The van der Waals surface area contributed by atoms with E-state index in [1.54, 1.807) is 7.05 Å². The summed E-state index contributed by atoms with van der Waals surface area (Å²) in [7, 11) is 1.55. The molecule has 0 unspecified atom stereocenters. The van der Waals surface area contributed by atoms with Crippen molar-refractivity contribution < 1.29 is 14.9 Å². The first-order chi connectivity index (χ1) is 8.67. The Bertz CT molecular complexity index is 438. The van der Waals surface area contributed by atoms with Gasteiger partial charge in [-0.05, 0) is 5.56 Å². The Balaban J connectivity index is 2.61. The minimum atomic E-state index is -1.11. The summed E-state index contributed by atoms with van der Waals surface area (Å²) in [6.07, 6.45) is 1.38. The van der Waals surface area contributed by atoms with Gasteiger partial charge in [0, 0.05) is 13.1 Å². The van der Waals surface area contributed by atoms with Crippen molar-refractivity contribution in [1.29, 1.82) is 0 Å². The molecule has 1 aromatic rings. The van der Waals surface area contributed by atoms with Crippen molar-refractivity contribution >= 4 is 5.90 Å². The molecule has 1 atom stereocenters. The van der Waals surface area contributed by atoms with Crippen molar-refractivity contribution in [1.82, 2.24) is 0 Å². The highest BCUT2D eigenvalue weighted by molar-refractivity contribution is 5.88. The van der Waals surface area contributed by atoms with Crippen LogP contribution in [0.25, 0.3) is 0 Å². The first-order valence-electron chi connectivity index (χ1n) is 5.52. The van der Waals surface area contributed by atoms with Crippen LogP contribution >= 0.6 is 0 Å². The number of aliphatic hydroxyl groups is 2. The number of hydrogen-bond acceptors (Lipinski definition) is 4. The number of aliphatic imine (C=N–C) groups is 1. The third kappa shape index (κ3) is 4.43. The van der Waals surface area contributed by atoms with Crippen molar-refractivity contribution in [3.05, 3.63) is 60.4 Å². The van der Waals surface area contributed by atoms with Crippen LogP contribution in [0, 0.1) is 0 Å². The highest BCUT2D eigenvalue weighted by atomic mass is 16.5. The third-order valence-corrected chi connectivity index (χ3v) is 2.25. The van der Waals surface area contributed by atoms with Crippen LogP contribution < -0.4 is 0 Å². The van der Waals surface area contributed by atoms with Crippen LogP contribution in [-0.4, -0.2) is 29.3 Å². The molecule has 4 nitrogen and oxygen atoms in total. The van der Waals surface area contributed by atoms with Gasteiger partial charge < -0.3 is 14.9 Å². The average Bonchev–Trinajstić information content (AvgIpc) is 2.43. The SMILES string of the molecule is C=C[C@@H](O)/C(O)=C/C(=N/C)OCc1ccccc1. The predicted molar refractivity (Wildman–Crippen MR) is 71.5 cm³/mol. The molecule has 2 N–H and O–H groups in total. The van der Waals surface area contributed by atoms with E-state index in [1.807, 2.05) is 30.3 Å². The lowest BCUT2D eigenvalue weighted by molar-refractivity contribution is 0.192. The number of aliphatic hydroxyl groups excluding tert-OH is 2. The minimum absolute atomic E-state index is 0.247. The van der Waals surface area contributed by atoms with E-state index in [9.17, 15) is 10.2 Å². The number of benzene rings is 1. The average molecular weight is 247 g/mol. The summed E-state index contributed by atoms with van der Waals surface area (Å²) >= 11 is 0. The maximum absolute atomic E-state index is 9.50. The molecule has 0 bridgehead atoms. The Morgan fingerprint density at radius 2 is 2.11 bits per heavy atom. The topological polar surface area (TPSA) is 62.0 Å². The monoisotopic (exact) mass is 247 g/mol. The molecule has 96 valence electrons. The zero-order valence-electron chi connectivity index (χ0n) is 10.3. The number of hydrogen-bond donors (Lipinski definition) is 2. The molecule has 4 heteroatoms. The fourth-order valence-electron chi connectivity index (χ4n) is 1.23. The van der Waals surface area contributed by atoms with Crippen molar-refractivity contribution in [2.45, 2.75) is 12.7 Å². The van der Waals surface area contributed by atoms with Crippen molar-refractivity contribution in [2.24, 2.45) is 4.99 Å². The van der Waals surface area contributed by atoms with Gasteiger partial charge in [0.05, 0.1) is 0 Å². The molecule has 0 fully saturated rings. The van der Waals surface area contributed by atoms with Crippen LogP contribution in [0.3, 0.4) is 0 Å². The molecule has 0 aromatic heterocycles. The van der Waals surface area contributed by atoms with E-state index in [0.717, 1.165) is 5.56 Å². The summed E-state index contributed by atoms with van der Waals surface area (Å²) in [4.78, 5) is 3.87. The zero-order valence-corrected chi connectivity index (χ0v) is 10.3. The normalized spacial score (nSPS) is 14.1. The Morgan fingerprint density at radius 3 is 2.67 bits per heavy atom. The molecular formula is C14H17NO3. The van der Waals surface area contributed by atoms with E-state index in [2.05, 4.69) is 11.6 Å².